The van der Waals surface area contributed by atoms with Crippen LogP contribution in [0.1, 0.15) is 18.4 Å². The highest BCUT2D eigenvalue weighted by Gasteiger charge is 2.41. The van der Waals surface area contributed by atoms with Gasteiger partial charge in [0.25, 0.3) is 0 Å². The monoisotopic (exact) mass is 237 g/mol. The van der Waals surface area contributed by atoms with Gasteiger partial charge >= 0.3 is 0 Å². The molecule has 2 fully saturated rings. The van der Waals surface area contributed by atoms with Gasteiger partial charge in [-0.25, -0.2) is 0 Å². The third-order valence-corrected chi connectivity index (χ3v) is 4.92. The van der Waals surface area contributed by atoms with E-state index in [0.29, 0.717) is 5.92 Å². The molecule has 16 heavy (non-hydrogen) atoms. The van der Waals surface area contributed by atoms with E-state index in [-0.39, 0.29) is 6.10 Å². The lowest BCUT2D eigenvalue weighted by molar-refractivity contribution is 0.124. The van der Waals surface area contributed by atoms with E-state index in [2.05, 4.69) is 21.7 Å². The van der Waals surface area contributed by atoms with Gasteiger partial charge in [0.15, 0.2) is 0 Å². The zero-order valence-corrected chi connectivity index (χ0v) is 10.3. The standard InChI is InChI=1S/C13H19NOS/c15-13-2-1-11-7-14(8-12(11)13)5-3-10-4-6-16-9-10/h4,6,9,11-13,15H,1-3,5,7-8H2. The van der Waals surface area contributed by atoms with Crippen LogP contribution in [-0.4, -0.2) is 35.7 Å². The Morgan fingerprint density at radius 2 is 2.31 bits per heavy atom. The van der Waals surface area contributed by atoms with Crippen molar-refractivity contribution in [2.24, 2.45) is 11.8 Å². The molecule has 2 nitrogen and oxygen atoms in total. The third-order valence-electron chi connectivity index (χ3n) is 4.19. The van der Waals surface area contributed by atoms with Crippen molar-refractivity contribution in [1.29, 1.82) is 0 Å². The molecule has 1 N–H and O–H groups in total. The molecule has 3 rings (SSSR count). The lowest BCUT2D eigenvalue weighted by Crippen LogP contribution is -2.26. The van der Waals surface area contributed by atoms with Crippen LogP contribution in [0.5, 0.6) is 0 Å². The van der Waals surface area contributed by atoms with E-state index in [1.807, 2.05) is 0 Å². The number of likely N-dealkylation sites (tertiary alicyclic amines) is 1. The normalized spacial score (nSPS) is 34.4. The number of rotatable bonds is 3. The van der Waals surface area contributed by atoms with Crippen LogP contribution in [0.4, 0.5) is 0 Å². The molecule has 1 saturated carbocycles. The van der Waals surface area contributed by atoms with Gasteiger partial charge in [0.1, 0.15) is 0 Å². The summed E-state index contributed by atoms with van der Waals surface area (Å²) in [7, 11) is 0. The highest BCUT2D eigenvalue weighted by Crippen LogP contribution is 2.37. The summed E-state index contributed by atoms with van der Waals surface area (Å²) in [4.78, 5) is 2.54. The van der Waals surface area contributed by atoms with Crippen molar-refractivity contribution in [3.63, 3.8) is 0 Å². The Bertz CT molecular complexity index is 338. The first-order valence-corrected chi connectivity index (χ1v) is 7.18. The zero-order valence-electron chi connectivity index (χ0n) is 9.51. The van der Waals surface area contributed by atoms with Crippen molar-refractivity contribution >= 4 is 11.3 Å². The fraction of sp³-hybridized carbons (Fsp3) is 0.692. The molecule has 1 aromatic heterocycles. The van der Waals surface area contributed by atoms with Crippen LogP contribution in [0.25, 0.3) is 0 Å². The second-order valence-corrected chi connectivity index (χ2v) is 5.99. The van der Waals surface area contributed by atoms with Crippen molar-refractivity contribution in [2.75, 3.05) is 19.6 Å². The zero-order chi connectivity index (χ0) is 11.0. The van der Waals surface area contributed by atoms with Crippen LogP contribution in [0, 0.1) is 11.8 Å². The van der Waals surface area contributed by atoms with Crippen LogP contribution < -0.4 is 0 Å². The molecule has 0 radical (unpaired) electrons. The molecule has 1 saturated heterocycles. The first kappa shape index (κ1) is 10.8. The average molecular weight is 237 g/mol. The number of hydrogen-bond donors (Lipinski definition) is 1. The number of fused-ring (bicyclic) bond motifs is 1. The number of aliphatic hydroxyl groups excluding tert-OH is 1. The van der Waals surface area contributed by atoms with E-state index in [9.17, 15) is 5.11 Å². The molecule has 2 heterocycles. The Hall–Kier alpha value is -0.380. The molecule has 88 valence electrons. The minimum atomic E-state index is -0.0175. The van der Waals surface area contributed by atoms with Crippen LogP contribution in [-0.2, 0) is 6.42 Å². The predicted octanol–water partition coefficient (Wildman–Crippen LogP) is 1.99. The molecule has 0 amide bonds. The van der Waals surface area contributed by atoms with E-state index in [4.69, 9.17) is 0 Å². The first-order valence-electron chi connectivity index (χ1n) is 6.24. The molecule has 0 aromatic carbocycles. The lowest BCUT2D eigenvalue weighted by atomic mass is 10.00. The number of aliphatic hydroxyl groups is 1. The summed E-state index contributed by atoms with van der Waals surface area (Å²) in [6.07, 6.45) is 3.42. The van der Waals surface area contributed by atoms with Gasteiger partial charge in [0.05, 0.1) is 6.10 Å². The second kappa shape index (κ2) is 4.47. The van der Waals surface area contributed by atoms with Crippen LogP contribution in [0.3, 0.4) is 0 Å². The lowest BCUT2D eigenvalue weighted by Gasteiger charge is -2.17. The highest BCUT2D eigenvalue weighted by atomic mass is 32.1. The van der Waals surface area contributed by atoms with Crippen molar-refractivity contribution in [3.8, 4) is 0 Å². The quantitative estimate of drug-likeness (QED) is 0.869. The summed E-state index contributed by atoms with van der Waals surface area (Å²) in [5.41, 5.74) is 1.46. The molecular formula is C13H19NOS. The van der Waals surface area contributed by atoms with Crippen LogP contribution in [0.15, 0.2) is 16.8 Å². The fourth-order valence-electron chi connectivity index (χ4n) is 3.23. The van der Waals surface area contributed by atoms with Crippen LogP contribution in [0.2, 0.25) is 0 Å². The molecular weight excluding hydrogens is 218 g/mol. The Morgan fingerprint density at radius 1 is 1.38 bits per heavy atom. The summed E-state index contributed by atoms with van der Waals surface area (Å²) in [5.74, 6) is 1.35. The Labute approximate surface area is 101 Å². The molecule has 1 aliphatic carbocycles. The minimum Gasteiger partial charge on any atom is -0.393 e. The maximum absolute atomic E-state index is 9.84. The van der Waals surface area contributed by atoms with Gasteiger partial charge in [0.2, 0.25) is 0 Å². The summed E-state index contributed by atoms with van der Waals surface area (Å²) in [5, 5.41) is 14.2. The molecule has 3 heteroatoms. The van der Waals surface area contributed by atoms with Gasteiger partial charge in [-0.15, -0.1) is 0 Å². The average Bonchev–Trinajstić information content (AvgIpc) is 2.95. The minimum absolute atomic E-state index is 0.0175. The molecule has 1 aliphatic heterocycles. The van der Waals surface area contributed by atoms with E-state index < -0.39 is 0 Å². The smallest absolute Gasteiger partial charge is 0.0583 e. The maximum Gasteiger partial charge on any atom is 0.0583 e. The summed E-state index contributed by atoms with van der Waals surface area (Å²) in [6, 6.07) is 2.22. The molecule has 3 unspecified atom stereocenters. The molecule has 2 aliphatic rings. The van der Waals surface area contributed by atoms with E-state index in [1.54, 1.807) is 11.3 Å². The van der Waals surface area contributed by atoms with Gasteiger partial charge in [-0.2, -0.15) is 11.3 Å². The van der Waals surface area contributed by atoms with Gasteiger partial charge in [-0.3, -0.25) is 0 Å². The van der Waals surface area contributed by atoms with Gasteiger partial charge in [0, 0.05) is 25.6 Å². The number of nitrogens with zero attached hydrogens (tertiary/aromatic N) is 1. The molecule has 3 atom stereocenters. The van der Waals surface area contributed by atoms with Crippen LogP contribution >= 0.6 is 11.3 Å². The summed E-state index contributed by atoms with van der Waals surface area (Å²) >= 11 is 1.78. The summed E-state index contributed by atoms with van der Waals surface area (Å²) < 4.78 is 0. The molecule has 1 aromatic rings. The fourth-order valence-corrected chi connectivity index (χ4v) is 3.94. The maximum atomic E-state index is 9.84. The highest BCUT2D eigenvalue weighted by molar-refractivity contribution is 7.07. The first-order chi connectivity index (χ1) is 7.83. The van der Waals surface area contributed by atoms with Gasteiger partial charge in [-0.1, -0.05) is 0 Å². The summed E-state index contributed by atoms with van der Waals surface area (Å²) in [6.45, 7) is 3.50. The van der Waals surface area contributed by atoms with E-state index >= 15 is 0 Å². The topological polar surface area (TPSA) is 23.5 Å². The van der Waals surface area contributed by atoms with E-state index in [0.717, 1.165) is 25.4 Å². The number of hydrogen-bond acceptors (Lipinski definition) is 3. The SMILES string of the molecule is OC1CCC2CN(CCc3ccsc3)CC12. The van der Waals surface area contributed by atoms with E-state index in [1.165, 1.54) is 24.9 Å². The van der Waals surface area contributed by atoms with Crippen molar-refractivity contribution in [1.82, 2.24) is 4.90 Å². The number of thiophene rings is 1. The largest absolute Gasteiger partial charge is 0.393 e. The van der Waals surface area contributed by atoms with Crippen molar-refractivity contribution in [2.45, 2.75) is 25.4 Å². The Morgan fingerprint density at radius 3 is 3.06 bits per heavy atom. The van der Waals surface area contributed by atoms with Gasteiger partial charge in [-0.05, 0) is 47.6 Å². The Kier molecular flexibility index (Phi) is 3.01. The molecule has 0 spiro atoms. The van der Waals surface area contributed by atoms with Crippen molar-refractivity contribution in [3.05, 3.63) is 22.4 Å². The Balaban J connectivity index is 1.51. The predicted molar refractivity (Wildman–Crippen MR) is 66.7 cm³/mol. The third kappa shape index (κ3) is 2.04. The van der Waals surface area contributed by atoms with Gasteiger partial charge < -0.3 is 10.0 Å². The van der Waals surface area contributed by atoms with Crippen molar-refractivity contribution < 1.29 is 5.11 Å². The molecule has 0 bridgehead atoms. The second-order valence-electron chi connectivity index (χ2n) is 5.21.